The van der Waals surface area contributed by atoms with Crippen LogP contribution in [0.2, 0.25) is 0 Å². The van der Waals surface area contributed by atoms with E-state index < -0.39 is 0 Å². The lowest BCUT2D eigenvalue weighted by Crippen LogP contribution is -2.34. The second kappa shape index (κ2) is 5.46. The van der Waals surface area contributed by atoms with Gasteiger partial charge in [0.05, 0.1) is 12.3 Å². The zero-order valence-corrected chi connectivity index (χ0v) is 9.89. The van der Waals surface area contributed by atoms with Crippen molar-refractivity contribution in [2.75, 3.05) is 13.1 Å². The highest BCUT2D eigenvalue weighted by atomic mass is 16.3. The van der Waals surface area contributed by atoms with Gasteiger partial charge in [-0.3, -0.25) is 4.68 Å². The summed E-state index contributed by atoms with van der Waals surface area (Å²) in [6.45, 7) is 5.04. The summed E-state index contributed by atoms with van der Waals surface area (Å²) in [6.07, 6.45) is 6.60. The largest absolute Gasteiger partial charge is 0.392 e. The molecule has 2 rings (SSSR count). The molecule has 90 valence electrons. The molecule has 1 atom stereocenters. The van der Waals surface area contributed by atoms with E-state index in [1.165, 1.54) is 0 Å². The topological polar surface area (TPSA) is 50.1 Å². The number of nitrogens with one attached hydrogen (secondary N) is 1. The van der Waals surface area contributed by atoms with E-state index in [0.29, 0.717) is 5.92 Å². The average molecular weight is 223 g/mol. The van der Waals surface area contributed by atoms with Crippen LogP contribution in [-0.2, 0) is 13.0 Å². The Bertz CT molecular complexity index is 318. The molecule has 1 unspecified atom stereocenters. The summed E-state index contributed by atoms with van der Waals surface area (Å²) < 4.78 is 1.91. The van der Waals surface area contributed by atoms with Gasteiger partial charge < -0.3 is 10.4 Å². The zero-order chi connectivity index (χ0) is 11.4. The van der Waals surface area contributed by atoms with Crippen molar-refractivity contribution in [2.45, 2.75) is 38.8 Å². The van der Waals surface area contributed by atoms with Crippen LogP contribution in [-0.4, -0.2) is 34.1 Å². The van der Waals surface area contributed by atoms with Gasteiger partial charge in [-0.2, -0.15) is 5.10 Å². The molecule has 1 saturated heterocycles. The molecule has 1 aromatic heterocycles. The SMILES string of the molecule is CCn1cc(CC(O)C2CCNCC2)cn1. The molecule has 0 saturated carbocycles. The van der Waals surface area contributed by atoms with Gasteiger partial charge in [0.1, 0.15) is 0 Å². The number of hydrogen-bond donors (Lipinski definition) is 2. The number of aliphatic hydroxyl groups excluding tert-OH is 1. The first-order valence-corrected chi connectivity index (χ1v) is 6.19. The Balaban J connectivity index is 1.87. The highest BCUT2D eigenvalue weighted by Gasteiger charge is 2.21. The van der Waals surface area contributed by atoms with Crippen LogP contribution in [0.15, 0.2) is 12.4 Å². The van der Waals surface area contributed by atoms with Crippen LogP contribution in [0.4, 0.5) is 0 Å². The quantitative estimate of drug-likeness (QED) is 0.794. The van der Waals surface area contributed by atoms with Gasteiger partial charge in [-0.1, -0.05) is 0 Å². The van der Waals surface area contributed by atoms with Crippen molar-refractivity contribution < 1.29 is 5.11 Å². The smallest absolute Gasteiger partial charge is 0.0610 e. The maximum Gasteiger partial charge on any atom is 0.0610 e. The number of hydrogen-bond acceptors (Lipinski definition) is 3. The Hall–Kier alpha value is -0.870. The monoisotopic (exact) mass is 223 g/mol. The van der Waals surface area contributed by atoms with E-state index in [-0.39, 0.29) is 6.10 Å². The number of nitrogens with zero attached hydrogens (tertiary/aromatic N) is 2. The molecule has 0 radical (unpaired) electrons. The molecule has 1 fully saturated rings. The standard InChI is InChI=1S/C12H21N3O/c1-2-15-9-10(8-14-15)7-12(16)11-3-5-13-6-4-11/h8-9,11-13,16H,2-7H2,1H3. The van der Waals surface area contributed by atoms with Crippen molar-refractivity contribution in [1.82, 2.24) is 15.1 Å². The fourth-order valence-electron chi connectivity index (χ4n) is 2.32. The summed E-state index contributed by atoms with van der Waals surface area (Å²) in [5, 5.41) is 17.7. The van der Waals surface area contributed by atoms with Gasteiger partial charge in [0.15, 0.2) is 0 Å². The van der Waals surface area contributed by atoms with Gasteiger partial charge in [0, 0.05) is 19.2 Å². The molecule has 0 bridgehead atoms. The summed E-state index contributed by atoms with van der Waals surface area (Å²) in [6, 6.07) is 0. The maximum atomic E-state index is 10.1. The van der Waals surface area contributed by atoms with E-state index in [4.69, 9.17) is 0 Å². The van der Waals surface area contributed by atoms with Gasteiger partial charge in [0.25, 0.3) is 0 Å². The second-order valence-electron chi connectivity index (χ2n) is 4.56. The Morgan fingerprint density at radius 3 is 2.94 bits per heavy atom. The van der Waals surface area contributed by atoms with Crippen LogP contribution in [0.1, 0.15) is 25.3 Å². The van der Waals surface area contributed by atoms with E-state index in [2.05, 4.69) is 17.3 Å². The minimum Gasteiger partial charge on any atom is -0.392 e. The van der Waals surface area contributed by atoms with Gasteiger partial charge >= 0.3 is 0 Å². The molecule has 0 spiro atoms. The average Bonchev–Trinajstić information content (AvgIpc) is 2.78. The van der Waals surface area contributed by atoms with E-state index in [1.54, 1.807) is 0 Å². The van der Waals surface area contributed by atoms with E-state index in [0.717, 1.165) is 44.5 Å². The zero-order valence-electron chi connectivity index (χ0n) is 9.89. The molecule has 16 heavy (non-hydrogen) atoms. The molecule has 2 heterocycles. The number of rotatable bonds is 4. The summed E-state index contributed by atoms with van der Waals surface area (Å²) >= 11 is 0. The van der Waals surface area contributed by atoms with Gasteiger partial charge in [-0.25, -0.2) is 0 Å². The molecule has 2 N–H and O–H groups in total. The van der Waals surface area contributed by atoms with E-state index in [9.17, 15) is 5.11 Å². The molecule has 0 aliphatic carbocycles. The predicted octanol–water partition coefficient (Wildman–Crippen LogP) is 0.806. The summed E-state index contributed by atoms with van der Waals surface area (Å²) in [5.74, 6) is 0.450. The minimum atomic E-state index is -0.211. The molecule has 1 aliphatic rings. The van der Waals surface area contributed by atoms with Crippen molar-refractivity contribution in [3.05, 3.63) is 18.0 Å². The number of aromatic nitrogens is 2. The molecule has 1 aromatic rings. The molecule has 4 heteroatoms. The fraction of sp³-hybridized carbons (Fsp3) is 0.750. The minimum absolute atomic E-state index is 0.211. The Labute approximate surface area is 96.7 Å². The highest BCUT2D eigenvalue weighted by molar-refractivity contribution is 5.06. The molecule has 4 nitrogen and oxygen atoms in total. The summed E-state index contributed by atoms with van der Waals surface area (Å²) in [4.78, 5) is 0. The van der Waals surface area contributed by atoms with Crippen molar-refractivity contribution in [3.8, 4) is 0 Å². The van der Waals surface area contributed by atoms with Crippen LogP contribution in [0, 0.1) is 5.92 Å². The van der Waals surface area contributed by atoms with Gasteiger partial charge in [-0.15, -0.1) is 0 Å². The fourth-order valence-corrected chi connectivity index (χ4v) is 2.32. The highest BCUT2D eigenvalue weighted by Crippen LogP contribution is 2.19. The van der Waals surface area contributed by atoms with Crippen molar-refractivity contribution in [3.63, 3.8) is 0 Å². The lowest BCUT2D eigenvalue weighted by Gasteiger charge is -2.26. The molecular weight excluding hydrogens is 202 g/mol. The third kappa shape index (κ3) is 2.83. The number of aryl methyl sites for hydroxylation is 1. The molecule has 0 aromatic carbocycles. The second-order valence-corrected chi connectivity index (χ2v) is 4.56. The lowest BCUT2D eigenvalue weighted by molar-refractivity contribution is 0.0890. The van der Waals surface area contributed by atoms with Crippen molar-refractivity contribution in [2.24, 2.45) is 5.92 Å². The Kier molecular flexibility index (Phi) is 3.96. The van der Waals surface area contributed by atoms with E-state index >= 15 is 0 Å². The third-order valence-electron chi connectivity index (χ3n) is 3.38. The maximum absolute atomic E-state index is 10.1. The molecular formula is C12H21N3O. The first-order valence-electron chi connectivity index (χ1n) is 6.19. The van der Waals surface area contributed by atoms with Crippen LogP contribution in [0.25, 0.3) is 0 Å². The first-order chi connectivity index (χ1) is 7.79. The first kappa shape index (κ1) is 11.6. The molecule has 0 amide bonds. The molecule has 1 aliphatic heterocycles. The lowest BCUT2D eigenvalue weighted by atomic mass is 9.89. The number of aliphatic hydroxyl groups is 1. The Morgan fingerprint density at radius 2 is 2.31 bits per heavy atom. The summed E-state index contributed by atoms with van der Waals surface area (Å²) in [7, 11) is 0. The van der Waals surface area contributed by atoms with Crippen LogP contribution in [0.5, 0.6) is 0 Å². The van der Waals surface area contributed by atoms with Crippen LogP contribution in [0.3, 0.4) is 0 Å². The van der Waals surface area contributed by atoms with Crippen LogP contribution >= 0.6 is 0 Å². The Morgan fingerprint density at radius 1 is 1.56 bits per heavy atom. The van der Waals surface area contributed by atoms with Gasteiger partial charge in [-0.05, 0) is 44.3 Å². The third-order valence-corrected chi connectivity index (χ3v) is 3.38. The number of piperidine rings is 1. The summed E-state index contributed by atoms with van der Waals surface area (Å²) in [5.41, 5.74) is 1.15. The predicted molar refractivity (Wildman–Crippen MR) is 63.2 cm³/mol. The van der Waals surface area contributed by atoms with Crippen molar-refractivity contribution in [1.29, 1.82) is 0 Å². The van der Waals surface area contributed by atoms with E-state index in [1.807, 2.05) is 17.1 Å². The normalized spacial score (nSPS) is 19.9. The van der Waals surface area contributed by atoms with Gasteiger partial charge in [0.2, 0.25) is 0 Å². The van der Waals surface area contributed by atoms with Crippen molar-refractivity contribution >= 4 is 0 Å². The van der Waals surface area contributed by atoms with Crippen LogP contribution < -0.4 is 5.32 Å².